The molecule has 7 nitrogen and oxygen atoms in total. The summed E-state index contributed by atoms with van der Waals surface area (Å²) in [4.78, 5) is 0.0615. The number of sulfonamides is 1. The normalized spacial score (nSPS) is 12.2. The number of ether oxygens (including phenoxy) is 1. The van der Waals surface area contributed by atoms with E-state index in [4.69, 9.17) is 9.88 Å². The number of nitrogens with zero attached hydrogens (tertiary/aromatic N) is 3. The van der Waals surface area contributed by atoms with E-state index in [0.717, 1.165) is 16.5 Å². The molecule has 3 aromatic rings. The van der Waals surface area contributed by atoms with Gasteiger partial charge in [0.25, 0.3) is 0 Å². The minimum absolute atomic E-state index is 0.0615. The second-order valence-electron chi connectivity index (χ2n) is 7.91. The van der Waals surface area contributed by atoms with Crippen molar-refractivity contribution >= 4 is 21.8 Å². The fourth-order valence-corrected chi connectivity index (χ4v) is 4.07. The van der Waals surface area contributed by atoms with Gasteiger partial charge < -0.3 is 9.30 Å². The van der Waals surface area contributed by atoms with Crippen molar-refractivity contribution in [2.45, 2.75) is 36.2 Å². The van der Waals surface area contributed by atoms with Gasteiger partial charge in [-0.2, -0.15) is 0 Å². The third-order valence-electron chi connectivity index (χ3n) is 4.58. The lowest BCUT2D eigenvalue weighted by Gasteiger charge is -2.19. The number of benzene rings is 2. The van der Waals surface area contributed by atoms with Crippen LogP contribution in [-0.2, 0) is 22.5 Å². The Hall–Kier alpha value is -2.36. The molecule has 0 spiro atoms. The molecule has 0 aliphatic heterocycles. The van der Waals surface area contributed by atoms with Gasteiger partial charge in [-0.3, -0.25) is 0 Å². The van der Waals surface area contributed by atoms with Crippen molar-refractivity contribution < 1.29 is 13.2 Å². The number of aromatic nitrogens is 3. The molecule has 160 valence electrons. The molecule has 0 unspecified atom stereocenters. The Bertz CT molecular complexity index is 1100. The quantitative estimate of drug-likeness (QED) is 0.440. The molecule has 0 atom stereocenters. The van der Waals surface area contributed by atoms with Crippen LogP contribution in [0.15, 0.2) is 58.6 Å². The van der Waals surface area contributed by atoms with Gasteiger partial charge in [0.15, 0.2) is 11.0 Å². The van der Waals surface area contributed by atoms with E-state index < -0.39 is 10.0 Å². The highest BCUT2D eigenvalue weighted by Gasteiger charge is 2.15. The van der Waals surface area contributed by atoms with Gasteiger partial charge >= 0.3 is 0 Å². The average molecular weight is 447 g/mol. The van der Waals surface area contributed by atoms with Crippen molar-refractivity contribution in [3.63, 3.8) is 0 Å². The molecule has 0 fully saturated rings. The Morgan fingerprint density at radius 3 is 2.23 bits per heavy atom. The molecule has 2 N–H and O–H groups in total. The molecule has 1 heterocycles. The Balaban J connectivity index is 1.57. The largest absolute Gasteiger partial charge is 0.493 e. The number of hydrogen-bond acceptors (Lipinski definition) is 6. The van der Waals surface area contributed by atoms with E-state index in [9.17, 15) is 8.42 Å². The number of hydrogen-bond donors (Lipinski definition) is 1. The first kappa shape index (κ1) is 22.3. The fraction of sp³-hybridized carbons (Fsp3) is 0.333. The molecule has 0 radical (unpaired) electrons. The topological polar surface area (TPSA) is 100 Å². The monoisotopic (exact) mass is 446 g/mol. The highest BCUT2D eigenvalue weighted by molar-refractivity contribution is 7.99. The van der Waals surface area contributed by atoms with Gasteiger partial charge in [-0.1, -0.05) is 56.8 Å². The summed E-state index contributed by atoms with van der Waals surface area (Å²) in [7, 11) is -1.75. The molecule has 0 aliphatic rings. The number of rotatable bonds is 7. The smallest absolute Gasteiger partial charge is 0.238 e. The number of nitrogens with two attached hydrogens (primary N) is 1. The van der Waals surface area contributed by atoms with E-state index in [2.05, 4.69) is 55.2 Å². The predicted molar refractivity (Wildman–Crippen MR) is 119 cm³/mol. The fourth-order valence-electron chi connectivity index (χ4n) is 2.83. The van der Waals surface area contributed by atoms with Crippen LogP contribution in [0.4, 0.5) is 0 Å². The minimum Gasteiger partial charge on any atom is -0.493 e. The summed E-state index contributed by atoms with van der Waals surface area (Å²) >= 11 is 1.55. The Morgan fingerprint density at radius 2 is 1.67 bits per heavy atom. The van der Waals surface area contributed by atoms with E-state index in [-0.39, 0.29) is 10.3 Å². The molecule has 0 aliphatic carbocycles. The van der Waals surface area contributed by atoms with E-state index >= 15 is 0 Å². The van der Waals surface area contributed by atoms with E-state index in [1.807, 2.05) is 11.6 Å². The summed E-state index contributed by atoms with van der Waals surface area (Å²) < 4.78 is 30.2. The zero-order valence-electron chi connectivity index (χ0n) is 17.5. The average Bonchev–Trinajstić information content (AvgIpc) is 3.05. The van der Waals surface area contributed by atoms with Crippen LogP contribution in [0.5, 0.6) is 5.75 Å². The molecule has 0 bridgehead atoms. The maximum Gasteiger partial charge on any atom is 0.238 e. The van der Waals surface area contributed by atoms with Crippen LogP contribution < -0.4 is 9.88 Å². The third-order valence-corrected chi connectivity index (χ3v) is 6.49. The second kappa shape index (κ2) is 8.79. The zero-order valence-corrected chi connectivity index (χ0v) is 19.1. The Kier molecular flexibility index (Phi) is 6.54. The lowest BCUT2D eigenvalue weighted by atomic mass is 9.87. The molecule has 2 aromatic carbocycles. The summed E-state index contributed by atoms with van der Waals surface area (Å²) in [6.45, 7) is 7.02. The highest BCUT2D eigenvalue weighted by atomic mass is 32.2. The molecule has 30 heavy (non-hydrogen) atoms. The first-order valence-electron chi connectivity index (χ1n) is 9.44. The molecule has 1 aromatic heterocycles. The third kappa shape index (κ3) is 5.41. The summed E-state index contributed by atoms with van der Waals surface area (Å²) in [6.07, 6.45) is 0. The molecular formula is C21H26N4O3S2. The summed E-state index contributed by atoms with van der Waals surface area (Å²) in [5.41, 5.74) is 2.41. The molecule has 3 rings (SSSR count). The number of primary sulfonamides is 1. The molecular weight excluding hydrogens is 420 g/mol. The highest BCUT2D eigenvalue weighted by Crippen LogP contribution is 2.27. The van der Waals surface area contributed by atoms with E-state index in [1.54, 1.807) is 23.9 Å². The van der Waals surface area contributed by atoms with Gasteiger partial charge in [-0.25, -0.2) is 13.6 Å². The first-order chi connectivity index (χ1) is 14.1. The van der Waals surface area contributed by atoms with Crippen molar-refractivity contribution in [1.82, 2.24) is 14.8 Å². The first-order valence-corrected chi connectivity index (χ1v) is 12.0. The lowest BCUT2D eigenvalue weighted by molar-refractivity contribution is 0.343. The zero-order chi connectivity index (χ0) is 21.9. The van der Waals surface area contributed by atoms with Crippen LogP contribution in [0.2, 0.25) is 0 Å². The summed E-state index contributed by atoms with van der Waals surface area (Å²) in [5, 5.41) is 14.5. The summed E-state index contributed by atoms with van der Waals surface area (Å²) in [6, 6.07) is 14.5. The van der Waals surface area contributed by atoms with Crippen LogP contribution in [0, 0.1) is 0 Å². The van der Waals surface area contributed by atoms with Crippen molar-refractivity contribution in [3.8, 4) is 17.1 Å². The van der Waals surface area contributed by atoms with Crippen molar-refractivity contribution in [2.75, 3.05) is 12.4 Å². The molecule has 0 saturated carbocycles. The van der Waals surface area contributed by atoms with Crippen LogP contribution in [0.1, 0.15) is 26.3 Å². The lowest BCUT2D eigenvalue weighted by Crippen LogP contribution is -2.11. The van der Waals surface area contributed by atoms with Gasteiger partial charge in [0.05, 0.1) is 11.5 Å². The predicted octanol–water partition coefficient (Wildman–Crippen LogP) is 3.60. The van der Waals surface area contributed by atoms with Crippen molar-refractivity contribution in [2.24, 2.45) is 12.2 Å². The van der Waals surface area contributed by atoms with Crippen molar-refractivity contribution in [1.29, 1.82) is 0 Å². The minimum atomic E-state index is -3.69. The van der Waals surface area contributed by atoms with Gasteiger partial charge in [-0.05, 0) is 35.2 Å². The molecule has 0 saturated heterocycles. The number of thioether (sulfide) groups is 1. The van der Waals surface area contributed by atoms with Gasteiger partial charge in [0, 0.05) is 18.4 Å². The van der Waals surface area contributed by atoms with Crippen LogP contribution >= 0.6 is 11.8 Å². The second-order valence-corrected chi connectivity index (χ2v) is 10.5. The standard InChI is InChI=1S/C21H26N4O3S2/c1-21(2,3)16-7-5-15(6-8-16)19-23-24-20(25(19)4)29-14-13-28-17-9-11-18(12-10-17)30(22,26)27/h5-12H,13-14H2,1-4H3,(H2,22,26,27). The molecule has 9 heteroatoms. The maximum absolute atomic E-state index is 11.3. The molecule has 0 amide bonds. The van der Waals surface area contributed by atoms with Crippen LogP contribution in [0.3, 0.4) is 0 Å². The van der Waals surface area contributed by atoms with Gasteiger partial charge in [0.1, 0.15) is 5.75 Å². The SMILES string of the molecule is Cn1c(SCCOc2ccc(S(N)(=O)=O)cc2)nnc1-c1ccc(C(C)(C)C)cc1. The van der Waals surface area contributed by atoms with Gasteiger partial charge in [-0.15, -0.1) is 10.2 Å². The van der Waals surface area contributed by atoms with Crippen molar-refractivity contribution in [3.05, 3.63) is 54.1 Å². The van der Waals surface area contributed by atoms with E-state index in [0.29, 0.717) is 18.1 Å². The Labute approximate surface area is 181 Å². The maximum atomic E-state index is 11.3. The van der Waals surface area contributed by atoms with Crippen LogP contribution in [-0.4, -0.2) is 35.5 Å². The van der Waals surface area contributed by atoms with E-state index in [1.165, 1.54) is 17.7 Å². The summed E-state index contributed by atoms with van der Waals surface area (Å²) in [5.74, 6) is 2.07. The van der Waals surface area contributed by atoms with Gasteiger partial charge in [0.2, 0.25) is 10.0 Å². The Morgan fingerprint density at radius 1 is 1.03 bits per heavy atom. The van der Waals surface area contributed by atoms with Crippen LogP contribution in [0.25, 0.3) is 11.4 Å².